The van der Waals surface area contributed by atoms with Crippen LogP contribution in [0.1, 0.15) is 39.0 Å². The van der Waals surface area contributed by atoms with E-state index in [4.69, 9.17) is 19.3 Å². The molecule has 4 rings (SSSR count). The number of carbonyl (C=O) groups excluding carboxylic acids is 1. The second kappa shape index (κ2) is 13.6. The average molecular weight is 660 g/mol. The van der Waals surface area contributed by atoms with Gasteiger partial charge in [-0.05, 0) is 32.6 Å². The Morgan fingerprint density at radius 2 is 1.91 bits per heavy atom. The minimum atomic E-state index is -4.73. The number of hydrogen-bond donors (Lipinski definition) is 4. The maximum Gasteiger partial charge on any atom is 0.469 e. The number of fused-ring (bicyclic) bond motifs is 1. The average Bonchev–Trinajstić information content (AvgIpc) is 3.29. The highest BCUT2D eigenvalue weighted by atomic mass is 32.2. The summed E-state index contributed by atoms with van der Waals surface area (Å²) >= 11 is 0. The van der Waals surface area contributed by atoms with Crippen LogP contribution in [0.5, 0.6) is 0 Å². The van der Waals surface area contributed by atoms with Crippen LogP contribution < -0.4 is 14.9 Å². The van der Waals surface area contributed by atoms with Gasteiger partial charge >= 0.3 is 20.1 Å². The van der Waals surface area contributed by atoms with Crippen molar-refractivity contribution in [2.75, 3.05) is 48.9 Å². The molecule has 242 valence electrons. The van der Waals surface area contributed by atoms with Crippen LogP contribution in [0.15, 0.2) is 6.20 Å². The predicted octanol–water partition coefficient (Wildman–Crippen LogP) is 1.74. The molecule has 0 bridgehead atoms. The Bertz CT molecular complexity index is 1430. The standard InChI is InChI=1S/C22H33F3N7O9PS/c1-14-13-31(7-8-39-14)19-17-12-26-20(28-18(17)29-32(19)21(33)40-9-10-41-42(34,35)36)27-15-2-4-16(5-3-15)30-43(37,38)11-6-22(23,24)25/h12,14-16,30H,2-11,13H2,1H3,(H,27,28,29)(H2,34,35,36)/t14-,15?,16?/m0/s1. The topological polar surface area (TPSA) is 207 Å². The molecule has 1 saturated heterocycles. The van der Waals surface area contributed by atoms with Gasteiger partial charge in [-0.25, -0.2) is 27.5 Å². The number of alkyl halides is 3. The number of sulfonamides is 1. The first kappa shape index (κ1) is 33.3. The molecule has 1 aliphatic carbocycles. The second-order valence-corrected chi connectivity index (χ2v) is 13.3. The number of morpholine rings is 1. The lowest BCUT2D eigenvalue weighted by molar-refractivity contribution is -0.130. The first-order chi connectivity index (χ1) is 20.1. The number of ether oxygens (including phenoxy) is 2. The predicted molar refractivity (Wildman–Crippen MR) is 145 cm³/mol. The zero-order valence-electron chi connectivity index (χ0n) is 23.1. The van der Waals surface area contributed by atoms with E-state index in [1.165, 1.54) is 6.20 Å². The van der Waals surface area contributed by atoms with Crippen LogP contribution in [-0.2, 0) is 28.6 Å². The molecule has 0 spiro atoms. The van der Waals surface area contributed by atoms with Crippen molar-refractivity contribution >= 4 is 46.7 Å². The largest absolute Gasteiger partial charge is 0.469 e. The summed E-state index contributed by atoms with van der Waals surface area (Å²) in [4.78, 5) is 41.2. The fourth-order valence-electron chi connectivity index (χ4n) is 4.82. The minimum absolute atomic E-state index is 0.144. The monoisotopic (exact) mass is 659 g/mol. The van der Waals surface area contributed by atoms with Crippen LogP contribution in [0.3, 0.4) is 0 Å². The fraction of sp³-hybridized carbons (Fsp3) is 0.727. The Morgan fingerprint density at radius 3 is 2.56 bits per heavy atom. The minimum Gasteiger partial charge on any atom is -0.445 e. The Balaban J connectivity index is 1.42. The van der Waals surface area contributed by atoms with Gasteiger partial charge in [0.2, 0.25) is 16.0 Å². The zero-order valence-corrected chi connectivity index (χ0v) is 24.8. The smallest absolute Gasteiger partial charge is 0.445 e. The Kier molecular flexibility index (Phi) is 10.5. The number of carbonyl (C=O) groups is 1. The maximum absolute atomic E-state index is 12.9. The van der Waals surface area contributed by atoms with Gasteiger partial charge in [-0.2, -0.15) is 18.2 Å². The van der Waals surface area contributed by atoms with E-state index in [0.29, 0.717) is 56.6 Å². The number of halogens is 3. The van der Waals surface area contributed by atoms with Crippen molar-refractivity contribution in [2.24, 2.45) is 0 Å². The summed E-state index contributed by atoms with van der Waals surface area (Å²) in [6, 6.07) is -0.624. The zero-order chi connectivity index (χ0) is 31.4. The van der Waals surface area contributed by atoms with Crippen molar-refractivity contribution in [3.05, 3.63) is 6.20 Å². The molecule has 1 atom stereocenters. The van der Waals surface area contributed by atoms with Gasteiger partial charge < -0.3 is 29.5 Å². The van der Waals surface area contributed by atoms with Gasteiger partial charge in [-0.15, -0.1) is 9.78 Å². The lowest BCUT2D eigenvalue weighted by Gasteiger charge is -2.32. The summed E-state index contributed by atoms with van der Waals surface area (Å²) in [6.07, 6.45) is -3.74. The highest BCUT2D eigenvalue weighted by Crippen LogP contribution is 2.35. The third-order valence-corrected chi connectivity index (χ3v) is 8.70. The van der Waals surface area contributed by atoms with Crippen molar-refractivity contribution in [1.29, 1.82) is 0 Å². The van der Waals surface area contributed by atoms with Crippen molar-refractivity contribution in [3.63, 3.8) is 0 Å². The fourth-order valence-corrected chi connectivity index (χ4v) is 6.50. The van der Waals surface area contributed by atoms with Crippen LogP contribution in [0.2, 0.25) is 0 Å². The van der Waals surface area contributed by atoms with Crippen LogP contribution in [0, 0.1) is 0 Å². The molecule has 2 aliphatic rings. The van der Waals surface area contributed by atoms with Gasteiger partial charge in [0.05, 0.1) is 36.9 Å². The third-order valence-electron chi connectivity index (χ3n) is 6.75. The molecule has 16 nitrogen and oxygen atoms in total. The van der Waals surface area contributed by atoms with Gasteiger partial charge in [0, 0.05) is 31.4 Å². The van der Waals surface area contributed by atoms with Gasteiger partial charge in [0.25, 0.3) is 0 Å². The summed E-state index contributed by atoms with van der Waals surface area (Å²) in [5.41, 5.74) is 0.168. The highest BCUT2D eigenvalue weighted by molar-refractivity contribution is 7.89. The number of nitrogens with zero attached hydrogens (tertiary/aromatic N) is 5. The van der Waals surface area contributed by atoms with Gasteiger partial charge in [-0.1, -0.05) is 0 Å². The number of phosphoric acid groups is 1. The van der Waals surface area contributed by atoms with E-state index in [2.05, 4.69) is 29.6 Å². The molecular formula is C22H33F3N7O9PS. The van der Waals surface area contributed by atoms with Gasteiger partial charge in [0.15, 0.2) is 11.5 Å². The van der Waals surface area contributed by atoms with E-state index in [1.54, 1.807) is 0 Å². The molecule has 21 heteroatoms. The maximum atomic E-state index is 12.9. The molecule has 3 heterocycles. The molecule has 2 fully saturated rings. The van der Waals surface area contributed by atoms with Gasteiger partial charge in [-0.3, -0.25) is 4.52 Å². The number of phosphoric ester groups is 1. The molecule has 4 N–H and O–H groups in total. The first-order valence-corrected chi connectivity index (χ1v) is 16.6. The highest BCUT2D eigenvalue weighted by Gasteiger charge is 2.32. The van der Waals surface area contributed by atoms with Gasteiger partial charge in [0.1, 0.15) is 6.61 Å². The van der Waals surface area contributed by atoms with E-state index in [1.807, 2.05) is 11.8 Å². The summed E-state index contributed by atoms with van der Waals surface area (Å²) in [6.45, 7) is 2.14. The first-order valence-electron chi connectivity index (χ1n) is 13.4. The Labute approximate surface area is 244 Å². The molecule has 0 unspecified atom stereocenters. The third kappa shape index (κ3) is 9.95. The number of rotatable bonds is 11. The SMILES string of the molecule is C[C@H]1CN(c2c3cnc(NC4CCC(NS(=O)(=O)CCC(F)(F)F)CC4)nc3nn2C(=O)OCCOP(=O)(O)O)CCO1. The Hall–Kier alpha value is -2.61. The van der Waals surface area contributed by atoms with Crippen molar-refractivity contribution in [3.8, 4) is 0 Å². The number of nitrogens with one attached hydrogen (secondary N) is 2. The molecule has 0 aromatic carbocycles. The second-order valence-electron chi connectivity index (χ2n) is 10.2. The van der Waals surface area contributed by atoms with Crippen LogP contribution in [0.4, 0.5) is 29.7 Å². The van der Waals surface area contributed by atoms with Crippen LogP contribution >= 0.6 is 7.82 Å². The van der Waals surface area contributed by atoms with E-state index >= 15 is 0 Å². The van der Waals surface area contributed by atoms with Crippen LogP contribution in [-0.4, -0.2) is 107 Å². The van der Waals surface area contributed by atoms with Crippen molar-refractivity contribution in [1.82, 2.24) is 24.5 Å². The number of aromatic nitrogens is 4. The normalized spacial score (nSPS) is 22.1. The summed E-state index contributed by atoms with van der Waals surface area (Å²) < 4.78 is 90.5. The quantitative estimate of drug-likeness (QED) is 0.200. The molecular weight excluding hydrogens is 626 g/mol. The molecule has 0 radical (unpaired) electrons. The molecule has 2 aromatic heterocycles. The molecule has 1 saturated carbocycles. The van der Waals surface area contributed by atoms with Crippen LogP contribution in [0.25, 0.3) is 11.0 Å². The molecule has 2 aromatic rings. The molecule has 43 heavy (non-hydrogen) atoms. The Morgan fingerprint density at radius 1 is 1.21 bits per heavy atom. The van der Waals surface area contributed by atoms with Crippen molar-refractivity contribution < 1.29 is 54.7 Å². The number of hydrogen-bond acceptors (Lipinski definition) is 12. The van der Waals surface area contributed by atoms with Crippen molar-refractivity contribution in [2.45, 2.75) is 63.4 Å². The summed E-state index contributed by atoms with van der Waals surface area (Å²) in [5, 5.41) is 7.91. The number of anilines is 2. The molecule has 0 amide bonds. The lowest BCUT2D eigenvalue weighted by Crippen LogP contribution is -2.42. The van der Waals surface area contributed by atoms with E-state index in [0.717, 1.165) is 4.68 Å². The summed E-state index contributed by atoms with van der Waals surface area (Å²) in [5.74, 6) is -0.456. The van der Waals surface area contributed by atoms with E-state index < -0.39 is 61.5 Å². The van der Waals surface area contributed by atoms with E-state index in [-0.39, 0.29) is 23.7 Å². The molecule has 1 aliphatic heterocycles. The summed E-state index contributed by atoms with van der Waals surface area (Å²) in [7, 11) is -8.80. The van der Waals surface area contributed by atoms with E-state index in [9.17, 15) is 30.9 Å². The lowest BCUT2D eigenvalue weighted by atomic mass is 9.92.